The molecule has 33 heavy (non-hydrogen) atoms. The van der Waals surface area contributed by atoms with Gasteiger partial charge in [-0.2, -0.15) is 9.78 Å². The average Bonchev–Trinajstić information content (AvgIpc) is 3.07. The number of aromatic nitrogens is 3. The van der Waals surface area contributed by atoms with Crippen LogP contribution in [0.3, 0.4) is 0 Å². The van der Waals surface area contributed by atoms with Crippen LogP contribution >= 0.6 is 0 Å². The van der Waals surface area contributed by atoms with Crippen molar-refractivity contribution in [2.45, 2.75) is 6.92 Å². The van der Waals surface area contributed by atoms with Crippen LogP contribution in [0.15, 0.2) is 77.9 Å². The summed E-state index contributed by atoms with van der Waals surface area (Å²) in [6.45, 7) is 1.95. The molecule has 2 aromatic heterocycles. The molecule has 1 amide bonds. The standard InChI is InChI=1S/C25H20N6O2/c1-15-7-6-9-17(13-15)28-25(33)21-22-24(30-19-11-4-3-10-18(19)29-22)31(23(21)26)27-14-16-8-2-5-12-20(16)32/h2-14,32H,26H2,1H3,(H,28,33)/b27-14+. The van der Waals surface area contributed by atoms with Gasteiger partial charge >= 0.3 is 0 Å². The summed E-state index contributed by atoms with van der Waals surface area (Å²) in [6, 6.07) is 21.6. The van der Waals surface area contributed by atoms with Crippen molar-refractivity contribution in [1.29, 1.82) is 0 Å². The second-order valence-corrected chi connectivity index (χ2v) is 7.58. The molecule has 0 unspecified atom stereocenters. The molecule has 0 fully saturated rings. The van der Waals surface area contributed by atoms with Gasteiger partial charge in [0.1, 0.15) is 22.6 Å². The Kier molecular flexibility index (Phi) is 4.95. The Morgan fingerprint density at radius 1 is 1.03 bits per heavy atom. The molecule has 5 rings (SSSR count). The lowest BCUT2D eigenvalue weighted by atomic mass is 10.2. The number of rotatable bonds is 4. The van der Waals surface area contributed by atoms with Crippen molar-refractivity contribution in [2.24, 2.45) is 5.10 Å². The third kappa shape index (κ3) is 3.74. The van der Waals surface area contributed by atoms with Crippen molar-refractivity contribution >= 4 is 45.8 Å². The lowest BCUT2D eigenvalue weighted by Gasteiger charge is -2.06. The minimum Gasteiger partial charge on any atom is -0.507 e. The maximum absolute atomic E-state index is 13.3. The fourth-order valence-electron chi connectivity index (χ4n) is 3.62. The molecule has 0 spiro atoms. The predicted octanol–water partition coefficient (Wildman–Crippen LogP) is 4.32. The van der Waals surface area contributed by atoms with Crippen LogP contribution in [0.25, 0.3) is 22.2 Å². The topological polar surface area (TPSA) is 118 Å². The number of aryl methyl sites for hydroxylation is 1. The molecule has 0 radical (unpaired) electrons. The summed E-state index contributed by atoms with van der Waals surface area (Å²) in [5.74, 6) is -0.244. The summed E-state index contributed by atoms with van der Waals surface area (Å²) in [7, 11) is 0. The Hall–Kier alpha value is -4.72. The highest BCUT2D eigenvalue weighted by atomic mass is 16.3. The van der Waals surface area contributed by atoms with E-state index in [1.54, 1.807) is 30.3 Å². The zero-order valence-corrected chi connectivity index (χ0v) is 17.7. The van der Waals surface area contributed by atoms with Crippen molar-refractivity contribution < 1.29 is 9.90 Å². The highest BCUT2D eigenvalue weighted by Gasteiger charge is 2.24. The molecule has 162 valence electrons. The van der Waals surface area contributed by atoms with Crippen molar-refractivity contribution in [3.63, 3.8) is 0 Å². The Morgan fingerprint density at radius 3 is 2.52 bits per heavy atom. The normalized spacial score (nSPS) is 11.4. The summed E-state index contributed by atoms with van der Waals surface area (Å²) in [4.78, 5) is 22.6. The molecule has 0 atom stereocenters. The molecule has 0 bridgehead atoms. The molecule has 4 N–H and O–H groups in total. The fraction of sp³-hybridized carbons (Fsp3) is 0.0400. The van der Waals surface area contributed by atoms with Crippen LogP contribution in [0.4, 0.5) is 11.5 Å². The zero-order chi connectivity index (χ0) is 22.9. The van der Waals surface area contributed by atoms with Crippen molar-refractivity contribution in [2.75, 3.05) is 11.1 Å². The lowest BCUT2D eigenvalue weighted by molar-refractivity contribution is 0.102. The average molecular weight is 436 g/mol. The number of para-hydroxylation sites is 3. The van der Waals surface area contributed by atoms with Gasteiger partial charge in [0.25, 0.3) is 5.91 Å². The molecule has 3 aromatic carbocycles. The molecule has 0 saturated carbocycles. The molecule has 8 heteroatoms. The van der Waals surface area contributed by atoms with Crippen molar-refractivity contribution in [3.8, 4) is 5.75 Å². The first-order chi connectivity index (χ1) is 16.0. The van der Waals surface area contributed by atoms with Gasteiger partial charge in [-0.05, 0) is 48.9 Å². The Balaban J connectivity index is 1.68. The van der Waals surface area contributed by atoms with E-state index in [4.69, 9.17) is 5.73 Å². The number of benzene rings is 3. The van der Waals surface area contributed by atoms with Gasteiger partial charge in [-0.25, -0.2) is 9.97 Å². The first kappa shape index (κ1) is 20.2. The number of nitrogen functional groups attached to an aromatic ring is 1. The highest BCUT2D eigenvalue weighted by molar-refractivity contribution is 6.16. The number of nitrogens with one attached hydrogen (secondary N) is 1. The van der Waals surface area contributed by atoms with E-state index in [1.165, 1.54) is 10.9 Å². The van der Waals surface area contributed by atoms with Crippen LogP contribution < -0.4 is 11.1 Å². The van der Waals surface area contributed by atoms with E-state index in [1.807, 2.05) is 49.4 Å². The van der Waals surface area contributed by atoms with E-state index in [2.05, 4.69) is 20.4 Å². The number of hydrogen-bond donors (Lipinski definition) is 3. The van der Waals surface area contributed by atoms with E-state index in [0.717, 1.165) is 5.56 Å². The van der Waals surface area contributed by atoms with Crippen molar-refractivity contribution in [3.05, 3.63) is 89.5 Å². The molecular formula is C25H20N6O2. The van der Waals surface area contributed by atoms with E-state index in [-0.39, 0.29) is 17.1 Å². The van der Waals surface area contributed by atoms with E-state index < -0.39 is 5.91 Å². The number of aromatic hydroxyl groups is 1. The fourth-order valence-corrected chi connectivity index (χ4v) is 3.62. The maximum Gasteiger partial charge on any atom is 0.261 e. The predicted molar refractivity (Wildman–Crippen MR) is 130 cm³/mol. The molecule has 0 saturated heterocycles. The van der Waals surface area contributed by atoms with Crippen LogP contribution in [-0.4, -0.2) is 31.9 Å². The highest BCUT2D eigenvalue weighted by Crippen LogP contribution is 2.29. The minimum absolute atomic E-state index is 0.0743. The van der Waals surface area contributed by atoms with Crippen LogP contribution in [0, 0.1) is 6.92 Å². The lowest BCUT2D eigenvalue weighted by Crippen LogP contribution is -2.14. The number of fused-ring (bicyclic) bond motifs is 2. The molecule has 0 aliphatic rings. The number of amides is 1. The van der Waals surface area contributed by atoms with Gasteiger partial charge in [-0.3, -0.25) is 4.79 Å². The molecule has 8 nitrogen and oxygen atoms in total. The monoisotopic (exact) mass is 436 g/mol. The first-order valence-corrected chi connectivity index (χ1v) is 10.3. The number of nitrogens with zero attached hydrogens (tertiary/aromatic N) is 4. The van der Waals surface area contributed by atoms with Gasteiger partial charge in [0, 0.05) is 11.3 Å². The first-order valence-electron chi connectivity index (χ1n) is 10.3. The number of phenolic OH excluding ortho intramolecular Hbond substituents is 1. The van der Waals surface area contributed by atoms with Gasteiger partial charge in [-0.15, -0.1) is 0 Å². The van der Waals surface area contributed by atoms with E-state index in [0.29, 0.717) is 33.4 Å². The van der Waals surface area contributed by atoms with Crippen molar-refractivity contribution in [1.82, 2.24) is 14.6 Å². The van der Waals surface area contributed by atoms with Crippen LogP contribution in [0.1, 0.15) is 21.5 Å². The molecular weight excluding hydrogens is 416 g/mol. The van der Waals surface area contributed by atoms with Gasteiger partial charge in [0.15, 0.2) is 5.65 Å². The summed E-state index contributed by atoms with van der Waals surface area (Å²) in [5, 5.41) is 17.4. The third-order valence-corrected chi connectivity index (χ3v) is 5.23. The summed E-state index contributed by atoms with van der Waals surface area (Å²) in [5.41, 5.74) is 10.7. The van der Waals surface area contributed by atoms with E-state index in [9.17, 15) is 9.90 Å². The number of nitrogens with two attached hydrogens (primary N) is 1. The number of carbonyl (C=O) groups excluding carboxylic acids is 1. The molecule has 5 aromatic rings. The van der Waals surface area contributed by atoms with Gasteiger partial charge < -0.3 is 16.2 Å². The Morgan fingerprint density at radius 2 is 1.76 bits per heavy atom. The SMILES string of the molecule is Cc1cccc(NC(=O)c2c(N)n(/N=C/c3ccccc3O)c3nc4ccccc4nc23)c1. The van der Waals surface area contributed by atoms with Crippen LogP contribution in [-0.2, 0) is 0 Å². The maximum atomic E-state index is 13.3. The van der Waals surface area contributed by atoms with Gasteiger partial charge in [-0.1, -0.05) is 36.4 Å². The van der Waals surface area contributed by atoms with Crippen LogP contribution in [0.2, 0.25) is 0 Å². The number of anilines is 2. The summed E-state index contributed by atoms with van der Waals surface area (Å²) in [6.07, 6.45) is 1.46. The number of hydrogen-bond acceptors (Lipinski definition) is 6. The largest absolute Gasteiger partial charge is 0.507 e. The van der Waals surface area contributed by atoms with Gasteiger partial charge in [0.2, 0.25) is 0 Å². The Labute approximate surface area is 189 Å². The zero-order valence-electron chi connectivity index (χ0n) is 17.7. The molecule has 0 aliphatic heterocycles. The third-order valence-electron chi connectivity index (χ3n) is 5.23. The Bertz CT molecular complexity index is 1550. The second-order valence-electron chi connectivity index (χ2n) is 7.58. The van der Waals surface area contributed by atoms with Crippen LogP contribution in [0.5, 0.6) is 5.75 Å². The number of phenols is 1. The minimum atomic E-state index is -0.413. The number of carbonyl (C=O) groups is 1. The smallest absolute Gasteiger partial charge is 0.261 e. The quantitative estimate of drug-likeness (QED) is 0.363. The van der Waals surface area contributed by atoms with E-state index >= 15 is 0 Å². The van der Waals surface area contributed by atoms with Gasteiger partial charge in [0.05, 0.1) is 17.2 Å². The molecule has 0 aliphatic carbocycles. The molecule has 2 heterocycles. The second kappa shape index (κ2) is 8.08. The summed E-state index contributed by atoms with van der Waals surface area (Å²) < 4.78 is 1.37. The summed E-state index contributed by atoms with van der Waals surface area (Å²) >= 11 is 0.